The Balaban J connectivity index is 2.17. The Kier molecular flexibility index (Phi) is 1.47. The molecule has 0 radical (unpaired) electrons. The molecule has 0 saturated carbocycles. The summed E-state index contributed by atoms with van der Waals surface area (Å²) in [5, 5.41) is -0.142. The van der Waals surface area contributed by atoms with E-state index in [2.05, 4.69) is 6.58 Å². The number of nitrogens with zero attached hydrogens (tertiary/aromatic N) is 1. The van der Waals surface area contributed by atoms with Gasteiger partial charge in [-0.25, -0.2) is 0 Å². The smallest absolute Gasteiger partial charge is 0.260 e. The Morgan fingerprint density at radius 2 is 2.45 bits per heavy atom. The predicted molar refractivity (Wildman–Crippen MR) is 42.3 cm³/mol. The molecule has 0 N–H and O–H groups in total. The Hall–Kier alpha value is -0.480. The van der Waals surface area contributed by atoms with E-state index in [1.165, 1.54) is 0 Å². The van der Waals surface area contributed by atoms with E-state index in [4.69, 9.17) is 0 Å². The lowest BCUT2D eigenvalue weighted by Crippen LogP contribution is -2.61. The van der Waals surface area contributed by atoms with Crippen molar-refractivity contribution >= 4 is 17.1 Å². The average Bonchev–Trinajstić information content (AvgIpc) is 2.03. The third kappa shape index (κ3) is 0.827. The van der Waals surface area contributed by atoms with Crippen LogP contribution >= 0.6 is 0 Å². The highest BCUT2D eigenvalue weighted by atomic mass is 32.2. The van der Waals surface area contributed by atoms with Crippen molar-refractivity contribution in [3.8, 4) is 0 Å². The van der Waals surface area contributed by atoms with Crippen LogP contribution in [0.3, 0.4) is 0 Å². The van der Waals surface area contributed by atoms with Crippen LogP contribution < -0.4 is 0 Å². The summed E-state index contributed by atoms with van der Waals surface area (Å²) < 4.78 is 11.3. The summed E-state index contributed by atoms with van der Waals surface area (Å²) in [4.78, 5) is 12.7. The largest absolute Gasteiger partial charge is 0.614 e. The summed E-state index contributed by atoms with van der Waals surface area (Å²) in [6.07, 6.45) is 0.863. The minimum Gasteiger partial charge on any atom is -0.614 e. The molecule has 0 aromatic carbocycles. The van der Waals surface area contributed by atoms with Gasteiger partial charge in [0.15, 0.2) is 0 Å². The molecular formula is C7H9NO2S. The maximum absolute atomic E-state index is 11.3. The lowest BCUT2D eigenvalue weighted by molar-refractivity contribution is -0.134. The van der Waals surface area contributed by atoms with Crippen molar-refractivity contribution in [1.29, 1.82) is 0 Å². The van der Waals surface area contributed by atoms with Crippen LogP contribution in [0.1, 0.15) is 6.42 Å². The van der Waals surface area contributed by atoms with E-state index < -0.39 is 11.2 Å². The quantitative estimate of drug-likeness (QED) is 0.289. The second-order valence-electron chi connectivity index (χ2n) is 2.81. The zero-order valence-electron chi connectivity index (χ0n) is 6.08. The van der Waals surface area contributed by atoms with Gasteiger partial charge in [0, 0.05) is 13.0 Å². The molecule has 2 aliphatic rings. The van der Waals surface area contributed by atoms with Gasteiger partial charge in [-0.2, -0.15) is 0 Å². The van der Waals surface area contributed by atoms with E-state index in [-0.39, 0.29) is 11.3 Å². The molecule has 60 valence electrons. The molecule has 4 heteroatoms. The molecule has 2 aliphatic heterocycles. The fourth-order valence-electron chi connectivity index (χ4n) is 1.53. The van der Waals surface area contributed by atoms with Crippen LogP contribution in [0.15, 0.2) is 12.2 Å². The molecule has 0 bridgehead atoms. The van der Waals surface area contributed by atoms with Gasteiger partial charge >= 0.3 is 0 Å². The summed E-state index contributed by atoms with van der Waals surface area (Å²) in [6.45, 7) is 4.35. The molecule has 2 heterocycles. The first-order chi connectivity index (χ1) is 5.22. The third-order valence-corrected chi connectivity index (χ3v) is 3.84. The van der Waals surface area contributed by atoms with Crippen molar-refractivity contribution in [2.75, 3.05) is 12.3 Å². The van der Waals surface area contributed by atoms with Crippen molar-refractivity contribution in [2.45, 2.75) is 11.8 Å². The van der Waals surface area contributed by atoms with Gasteiger partial charge < -0.3 is 4.55 Å². The van der Waals surface area contributed by atoms with E-state index in [1.807, 2.05) is 0 Å². The molecule has 0 spiro atoms. The van der Waals surface area contributed by atoms with Crippen molar-refractivity contribution in [3.05, 3.63) is 12.2 Å². The molecular weight excluding hydrogens is 162 g/mol. The average molecular weight is 171 g/mol. The van der Waals surface area contributed by atoms with Gasteiger partial charge in [0.2, 0.25) is 5.37 Å². The molecule has 2 rings (SSSR count). The molecule has 1 unspecified atom stereocenters. The Bertz CT molecular complexity index is 228. The topological polar surface area (TPSA) is 43.4 Å². The number of fused-ring (bicyclic) bond motifs is 1. The van der Waals surface area contributed by atoms with Crippen LogP contribution in [0, 0.1) is 0 Å². The van der Waals surface area contributed by atoms with Gasteiger partial charge in [0.1, 0.15) is 5.75 Å². The monoisotopic (exact) mass is 171 g/mol. The number of β-lactam (4-membered cyclic amide) rings is 1. The number of hydrogen-bond acceptors (Lipinski definition) is 2. The normalized spacial score (nSPS) is 36.6. The summed E-state index contributed by atoms with van der Waals surface area (Å²) in [5.74, 6) is 0.705. The van der Waals surface area contributed by atoms with E-state index in [9.17, 15) is 9.35 Å². The minimum atomic E-state index is -0.873. The van der Waals surface area contributed by atoms with Crippen molar-refractivity contribution in [3.63, 3.8) is 0 Å². The molecule has 2 atom stereocenters. The van der Waals surface area contributed by atoms with Crippen LogP contribution in [0.2, 0.25) is 0 Å². The van der Waals surface area contributed by atoms with Crippen LogP contribution in [0.25, 0.3) is 0 Å². The lowest BCUT2D eigenvalue weighted by atomic mass is 10.1. The fourth-order valence-corrected chi connectivity index (χ4v) is 3.07. The third-order valence-electron chi connectivity index (χ3n) is 2.11. The Labute approximate surface area is 68.2 Å². The maximum Gasteiger partial charge on any atom is 0.260 e. The van der Waals surface area contributed by atoms with E-state index in [0.717, 1.165) is 13.0 Å². The van der Waals surface area contributed by atoms with Crippen LogP contribution in [-0.4, -0.2) is 33.0 Å². The van der Waals surface area contributed by atoms with Gasteiger partial charge in [-0.3, -0.25) is 9.69 Å². The fraction of sp³-hybridized carbons (Fsp3) is 0.571. The van der Waals surface area contributed by atoms with Gasteiger partial charge in [0.25, 0.3) is 5.91 Å². The molecule has 0 aliphatic carbocycles. The SMILES string of the molecule is C=C1C(=O)N2CCC[S+]([O-])[C@@H]12. The molecule has 2 saturated heterocycles. The molecule has 0 aromatic rings. The second kappa shape index (κ2) is 2.25. The number of rotatable bonds is 0. The second-order valence-corrected chi connectivity index (χ2v) is 4.43. The van der Waals surface area contributed by atoms with Gasteiger partial charge in [-0.1, -0.05) is 6.58 Å². The highest BCUT2D eigenvalue weighted by Crippen LogP contribution is 2.32. The highest BCUT2D eigenvalue weighted by molar-refractivity contribution is 7.92. The molecule has 3 nitrogen and oxygen atoms in total. The number of amides is 1. The highest BCUT2D eigenvalue weighted by Gasteiger charge is 2.50. The van der Waals surface area contributed by atoms with Crippen molar-refractivity contribution in [1.82, 2.24) is 4.90 Å². The predicted octanol–water partition coefficient (Wildman–Crippen LogP) is -0.137. The number of carbonyl (C=O) groups excluding carboxylic acids is 1. The zero-order chi connectivity index (χ0) is 8.01. The van der Waals surface area contributed by atoms with Crippen molar-refractivity contribution < 1.29 is 9.35 Å². The minimum absolute atomic E-state index is 0.0111. The van der Waals surface area contributed by atoms with Crippen LogP contribution in [-0.2, 0) is 16.0 Å². The summed E-state index contributed by atoms with van der Waals surface area (Å²) in [6, 6.07) is 0. The van der Waals surface area contributed by atoms with Gasteiger partial charge in [0.05, 0.1) is 5.57 Å². The first kappa shape index (κ1) is 7.18. The number of carbonyl (C=O) groups is 1. The summed E-state index contributed by atoms with van der Waals surface area (Å²) in [5.41, 5.74) is 0.531. The van der Waals surface area contributed by atoms with Crippen molar-refractivity contribution in [2.24, 2.45) is 0 Å². The molecule has 11 heavy (non-hydrogen) atoms. The van der Waals surface area contributed by atoms with E-state index in [0.29, 0.717) is 11.3 Å². The van der Waals surface area contributed by atoms with E-state index in [1.54, 1.807) is 4.90 Å². The standard InChI is InChI=1S/C7H9NO2S/c1-5-6(9)8-3-2-4-11(10)7(5)8/h7H,1-4H2/t7-,11?/m0/s1. The molecule has 1 amide bonds. The van der Waals surface area contributed by atoms with Gasteiger partial charge in [-0.05, 0) is 11.2 Å². The maximum atomic E-state index is 11.3. The first-order valence-electron chi connectivity index (χ1n) is 3.59. The summed E-state index contributed by atoms with van der Waals surface area (Å²) in [7, 11) is 0. The zero-order valence-corrected chi connectivity index (χ0v) is 6.89. The lowest BCUT2D eigenvalue weighted by Gasteiger charge is -2.44. The van der Waals surface area contributed by atoms with Crippen LogP contribution in [0.4, 0.5) is 0 Å². The van der Waals surface area contributed by atoms with Gasteiger partial charge in [-0.15, -0.1) is 0 Å². The summed E-state index contributed by atoms with van der Waals surface area (Å²) >= 11 is -0.873. The van der Waals surface area contributed by atoms with Crippen LogP contribution in [0.5, 0.6) is 0 Å². The molecule has 0 aromatic heterocycles. The molecule has 2 fully saturated rings. The van der Waals surface area contributed by atoms with E-state index >= 15 is 0 Å². The Morgan fingerprint density at radius 1 is 1.73 bits per heavy atom. The number of hydrogen-bond donors (Lipinski definition) is 0. The Morgan fingerprint density at radius 3 is 3.09 bits per heavy atom. The first-order valence-corrected chi connectivity index (χ1v) is 4.97.